The van der Waals surface area contributed by atoms with Gasteiger partial charge in [-0.05, 0) is 30.3 Å². The molecule has 1 fully saturated rings. The number of carbonyl (C=O) groups is 2. The number of anilines is 1. The van der Waals surface area contributed by atoms with Crippen molar-refractivity contribution in [3.8, 4) is 0 Å². The Balaban J connectivity index is 0.00000225. The minimum Gasteiger partial charge on any atom is -1.00 e. The van der Waals surface area contributed by atoms with Crippen LogP contribution in [0.1, 0.15) is 17.5 Å². The summed E-state index contributed by atoms with van der Waals surface area (Å²) in [5.74, 6) is -1.06. The molecule has 0 bridgehead atoms. The Kier molecular flexibility index (Phi) is 8.85. The van der Waals surface area contributed by atoms with Gasteiger partial charge in [0.25, 0.3) is 0 Å². The molecular formula is C19H20ClFN3NaO4. The molecule has 1 saturated heterocycles. The fourth-order valence-corrected chi connectivity index (χ4v) is 2.94. The van der Waals surface area contributed by atoms with Crippen LogP contribution in [0.25, 0.3) is 0 Å². The van der Waals surface area contributed by atoms with Gasteiger partial charge in [-0.2, -0.15) is 0 Å². The number of amides is 2. The zero-order valence-electron chi connectivity index (χ0n) is 17.2. The van der Waals surface area contributed by atoms with Gasteiger partial charge >= 0.3 is 41.6 Å². The summed E-state index contributed by atoms with van der Waals surface area (Å²) in [4.78, 5) is 32.0. The third kappa shape index (κ3) is 5.90. The molecule has 0 unspecified atom stereocenters. The third-order valence-electron chi connectivity index (χ3n) is 4.29. The first-order valence-corrected chi connectivity index (χ1v) is 9.00. The van der Waals surface area contributed by atoms with Crippen LogP contribution in [-0.4, -0.2) is 55.3 Å². The standard InChI is InChI=1S/C19H19ClFN3O4.Na.H/c1-27-18(25)13-2-3-14(22-11-13)12-24(15-4-5-17(21)16(20)10-15)19(26)23-6-8-28-9-7-23;;/h2-5,10-11H,6-9,12H2,1H3;;/q;+1;-1. The van der Waals surface area contributed by atoms with E-state index >= 15 is 0 Å². The van der Waals surface area contributed by atoms with Crippen molar-refractivity contribution < 1.29 is 54.4 Å². The first-order chi connectivity index (χ1) is 13.5. The van der Waals surface area contributed by atoms with Gasteiger partial charge in [0, 0.05) is 25.0 Å². The smallest absolute Gasteiger partial charge is 1.00 e. The quantitative estimate of drug-likeness (QED) is 0.512. The zero-order chi connectivity index (χ0) is 20.1. The van der Waals surface area contributed by atoms with Crippen molar-refractivity contribution in [3.63, 3.8) is 0 Å². The topological polar surface area (TPSA) is 72.0 Å². The summed E-state index contributed by atoms with van der Waals surface area (Å²) in [5, 5.41) is -0.0775. The van der Waals surface area contributed by atoms with Crippen LogP contribution in [0.5, 0.6) is 0 Å². The van der Waals surface area contributed by atoms with Crippen LogP contribution in [0.3, 0.4) is 0 Å². The first-order valence-electron chi connectivity index (χ1n) is 8.62. The van der Waals surface area contributed by atoms with Crippen LogP contribution in [0.2, 0.25) is 5.02 Å². The maximum atomic E-state index is 13.6. The van der Waals surface area contributed by atoms with Gasteiger partial charge in [-0.25, -0.2) is 14.0 Å². The summed E-state index contributed by atoms with van der Waals surface area (Å²) in [5.41, 5.74) is 1.30. The molecule has 3 rings (SSSR count). The average molecular weight is 432 g/mol. The van der Waals surface area contributed by atoms with Crippen molar-refractivity contribution >= 4 is 29.3 Å². The van der Waals surface area contributed by atoms with Crippen molar-refractivity contribution in [2.45, 2.75) is 6.54 Å². The van der Waals surface area contributed by atoms with Gasteiger partial charge in [0.15, 0.2) is 0 Å². The van der Waals surface area contributed by atoms with Crippen molar-refractivity contribution in [2.24, 2.45) is 0 Å². The maximum absolute atomic E-state index is 13.6. The fourth-order valence-electron chi connectivity index (χ4n) is 2.77. The van der Waals surface area contributed by atoms with E-state index in [1.807, 2.05) is 0 Å². The Morgan fingerprint density at radius 1 is 1.31 bits per heavy atom. The van der Waals surface area contributed by atoms with Gasteiger partial charge in [0.2, 0.25) is 0 Å². The van der Waals surface area contributed by atoms with Crippen LogP contribution in [0.15, 0.2) is 36.5 Å². The number of halogens is 2. The molecule has 29 heavy (non-hydrogen) atoms. The Bertz CT molecular complexity index is 869. The van der Waals surface area contributed by atoms with E-state index in [4.69, 9.17) is 16.3 Å². The number of benzene rings is 1. The summed E-state index contributed by atoms with van der Waals surface area (Å²) >= 11 is 5.91. The molecule has 1 aromatic heterocycles. The minimum absolute atomic E-state index is 0. The maximum Gasteiger partial charge on any atom is 1.00 e. The van der Waals surface area contributed by atoms with Gasteiger partial charge in [-0.3, -0.25) is 9.88 Å². The molecule has 0 atom stereocenters. The Morgan fingerprint density at radius 3 is 2.62 bits per heavy atom. The number of nitrogens with zero attached hydrogens (tertiary/aromatic N) is 3. The molecule has 0 N–H and O–H groups in total. The van der Waals surface area contributed by atoms with E-state index < -0.39 is 11.8 Å². The van der Waals surface area contributed by atoms with Crippen LogP contribution in [-0.2, 0) is 16.0 Å². The second kappa shape index (κ2) is 10.9. The van der Waals surface area contributed by atoms with E-state index in [0.717, 1.165) is 0 Å². The molecule has 10 heteroatoms. The third-order valence-corrected chi connectivity index (χ3v) is 4.58. The molecule has 2 amide bonds. The van der Waals surface area contributed by atoms with E-state index in [1.165, 1.54) is 36.4 Å². The zero-order valence-corrected chi connectivity index (χ0v) is 19.0. The van der Waals surface area contributed by atoms with Crippen LogP contribution >= 0.6 is 11.6 Å². The van der Waals surface area contributed by atoms with Crippen molar-refractivity contribution in [3.05, 3.63) is 58.6 Å². The van der Waals surface area contributed by atoms with Gasteiger partial charge < -0.3 is 15.8 Å². The normalized spacial score (nSPS) is 13.4. The molecule has 2 aromatic rings. The van der Waals surface area contributed by atoms with Crippen LogP contribution in [0.4, 0.5) is 14.9 Å². The summed E-state index contributed by atoms with van der Waals surface area (Å²) in [6.07, 6.45) is 1.39. The molecule has 1 aromatic carbocycles. The summed E-state index contributed by atoms with van der Waals surface area (Å²) in [6.45, 7) is 1.95. The van der Waals surface area contributed by atoms with Crippen molar-refractivity contribution in [2.75, 3.05) is 38.3 Å². The molecule has 0 spiro atoms. The van der Waals surface area contributed by atoms with Crippen LogP contribution in [0, 0.1) is 5.82 Å². The number of pyridine rings is 1. The number of ether oxygens (including phenoxy) is 2. The average Bonchev–Trinajstić information content (AvgIpc) is 2.74. The molecule has 0 saturated carbocycles. The van der Waals surface area contributed by atoms with Crippen molar-refractivity contribution in [1.82, 2.24) is 9.88 Å². The number of urea groups is 1. The number of methoxy groups -OCH3 is 1. The largest absolute Gasteiger partial charge is 1.00 e. The molecule has 2 heterocycles. The molecule has 1 aliphatic rings. The van der Waals surface area contributed by atoms with E-state index in [1.54, 1.807) is 17.0 Å². The number of rotatable bonds is 4. The molecule has 7 nitrogen and oxygen atoms in total. The monoisotopic (exact) mass is 431 g/mol. The Morgan fingerprint density at radius 2 is 2.03 bits per heavy atom. The van der Waals surface area contributed by atoms with E-state index in [0.29, 0.717) is 43.2 Å². The van der Waals surface area contributed by atoms with Crippen molar-refractivity contribution in [1.29, 1.82) is 0 Å². The fraction of sp³-hybridized carbons (Fsp3) is 0.316. The number of carbonyl (C=O) groups excluding carboxylic acids is 2. The summed E-state index contributed by atoms with van der Waals surface area (Å²) in [6, 6.07) is 7.05. The Labute approximate surface area is 196 Å². The molecule has 0 aliphatic carbocycles. The second-order valence-electron chi connectivity index (χ2n) is 6.10. The molecule has 1 aliphatic heterocycles. The van der Waals surface area contributed by atoms with Gasteiger partial charge in [0.05, 0.1) is 43.1 Å². The molecule has 0 radical (unpaired) electrons. The molecule has 150 valence electrons. The van der Waals surface area contributed by atoms with E-state index in [-0.39, 0.29) is 48.6 Å². The van der Waals surface area contributed by atoms with E-state index in [9.17, 15) is 14.0 Å². The number of hydrogen-bond donors (Lipinski definition) is 0. The SMILES string of the molecule is COC(=O)c1ccc(CN(C(=O)N2CCOCC2)c2ccc(F)c(Cl)c2)nc1.[H-].[Na+]. The van der Waals surface area contributed by atoms with Gasteiger partial charge in [0.1, 0.15) is 5.82 Å². The second-order valence-corrected chi connectivity index (χ2v) is 6.50. The number of hydrogen-bond acceptors (Lipinski definition) is 5. The number of aromatic nitrogens is 1. The first kappa shape index (κ1) is 23.6. The molecular weight excluding hydrogens is 412 g/mol. The summed E-state index contributed by atoms with van der Waals surface area (Å²) in [7, 11) is 1.29. The predicted molar refractivity (Wildman–Crippen MR) is 102 cm³/mol. The van der Waals surface area contributed by atoms with E-state index in [2.05, 4.69) is 9.72 Å². The van der Waals surface area contributed by atoms with Crippen LogP contribution < -0.4 is 34.5 Å². The van der Waals surface area contributed by atoms with Gasteiger partial charge in [-0.1, -0.05) is 11.6 Å². The summed E-state index contributed by atoms with van der Waals surface area (Å²) < 4.78 is 23.5. The Hall–Kier alpha value is -1.71. The number of morpholine rings is 1. The van der Waals surface area contributed by atoms with Gasteiger partial charge in [-0.15, -0.1) is 0 Å². The number of esters is 1. The predicted octanol–water partition coefficient (Wildman–Crippen LogP) is 0.236. The minimum atomic E-state index is -0.565.